The van der Waals surface area contributed by atoms with Gasteiger partial charge in [-0.25, -0.2) is 4.98 Å². The summed E-state index contributed by atoms with van der Waals surface area (Å²) in [4.78, 5) is 7.89. The number of aliphatic hydroxyl groups excluding tert-OH is 1. The molecule has 156 valence electrons. The molecule has 0 saturated carbocycles. The van der Waals surface area contributed by atoms with Crippen LogP contribution in [0.3, 0.4) is 0 Å². The summed E-state index contributed by atoms with van der Waals surface area (Å²) in [6.45, 7) is 3.00. The van der Waals surface area contributed by atoms with Crippen molar-refractivity contribution in [2.75, 3.05) is 19.6 Å². The number of hydrogen-bond acceptors (Lipinski definition) is 4. The normalized spacial score (nSPS) is 13.0. The van der Waals surface area contributed by atoms with E-state index in [1.165, 1.54) is 0 Å². The van der Waals surface area contributed by atoms with Gasteiger partial charge >= 0.3 is 6.18 Å². The first-order chi connectivity index (χ1) is 12.8. The Balaban J connectivity index is 0.00000392. The minimum Gasteiger partial charge on any atom is -0.386 e. The van der Waals surface area contributed by atoms with Gasteiger partial charge in [0.2, 0.25) is 0 Å². The van der Waals surface area contributed by atoms with Crippen molar-refractivity contribution < 1.29 is 18.3 Å². The highest BCUT2D eigenvalue weighted by molar-refractivity contribution is 14.0. The molecule has 3 N–H and O–H groups in total. The number of aromatic nitrogens is 1. The predicted octanol–water partition coefficient (Wildman–Crippen LogP) is 4.26. The van der Waals surface area contributed by atoms with Gasteiger partial charge in [0.15, 0.2) is 11.7 Å². The smallest absolute Gasteiger partial charge is 0.386 e. The number of rotatable bonds is 7. The Kier molecular flexibility index (Phi) is 10.5. The van der Waals surface area contributed by atoms with E-state index < -0.39 is 18.0 Å². The Morgan fingerprint density at radius 3 is 2.54 bits per heavy atom. The molecule has 0 bridgehead atoms. The molecule has 0 aliphatic rings. The van der Waals surface area contributed by atoms with Crippen LogP contribution in [0.2, 0.25) is 5.02 Å². The van der Waals surface area contributed by atoms with Crippen LogP contribution in [0.4, 0.5) is 13.2 Å². The number of aliphatic imine (C=N–C) groups is 1. The van der Waals surface area contributed by atoms with E-state index in [-0.39, 0.29) is 30.5 Å². The Morgan fingerprint density at radius 2 is 1.96 bits per heavy atom. The Labute approximate surface area is 187 Å². The van der Waals surface area contributed by atoms with Gasteiger partial charge in [-0.3, -0.25) is 4.99 Å². The number of thiazole rings is 1. The third-order valence-electron chi connectivity index (χ3n) is 3.49. The fourth-order valence-electron chi connectivity index (χ4n) is 2.15. The fraction of sp³-hybridized carbons (Fsp3) is 0.412. The molecule has 2 aromatic rings. The van der Waals surface area contributed by atoms with Gasteiger partial charge in [0.1, 0.15) is 0 Å². The largest absolute Gasteiger partial charge is 0.434 e. The number of hydrogen-bond donors (Lipinski definition) is 3. The topological polar surface area (TPSA) is 69.5 Å². The molecule has 0 spiro atoms. The number of aliphatic hydroxyl groups is 1. The number of benzene rings is 1. The Morgan fingerprint density at radius 1 is 1.29 bits per heavy atom. The van der Waals surface area contributed by atoms with Crippen molar-refractivity contribution in [3.8, 4) is 0 Å². The molecule has 0 fully saturated rings. The maximum absolute atomic E-state index is 12.6. The molecule has 28 heavy (non-hydrogen) atoms. The van der Waals surface area contributed by atoms with E-state index in [9.17, 15) is 18.3 Å². The van der Waals surface area contributed by atoms with Gasteiger partial charge in [-0.15, -0.1) is 35.3 Å². The lowest BCUT2D eigenvalue weighted by molar-refractivity contribution is -0.140. The molecule has 0 saturated heterocycles. The monoisotopic (exact) mass is 548 g/mol. The van der Waals surface area contributed by atoms with Gasteiger partial charge < -0.3 is 15.7 Å². The van der Waals surface area contributed by atoms with Gasteiger partial charge in [0.05, 0.1) is 17.7 Å². The zero-order chi connectivity index (χ0) is 19.9. The van der Waals surface area contributed by atoms with Gasteiger partial charge in [-0.2, -0.15) is 13.2 Å². The minimum absolute atomic E-state index is 0. The second kappa shape index (κ2) is 11.8. The van der Waals surface area contributed by atoms with Crippen LogP contribution < -0.4 is 10.6 Å². The SMILES string of the molecule is CCNC(=NCC(O)c1ccc(Cl)cc1)NCCc1nc(C(F)(F)F)cs1.I. The maximum atomic E-state index is 12.6. The van der Waals surface area contributed by atoms with Gasteiger partial charge in [-0.1, -0.05) is 23.7 Å². The number of halogens is 5. The highest BCUT2D eigenvalue weighted by atomic mass is 127. The summed E-state index contributed by atoms with van der Waals surface area (Å²) in [7, 11) is 0. The molecular weight excluding hydrogens is 528 g/mol. The van der Waals surface area contributed by atoms with Crippen LogP contribution in [0.25, 0.3) is 0 Å². The van der Waals surface area contributed by atoms with Crippen LogP contribution in [0.5, 0.6) is 0 Å². The molecular formula is C17H21ClF3IN4OS. The van der Waals surface area contributed by atoms with Crippen molar-refractivity contribution in [3.63, 3.8) is 0 Å². The van der Waals surface area contributed by atoms with Crippen LogP contribution in [-0.2, 0) is 12.6 Å². The number of nitrogens with one attached hydrogen (secondary N) is 2. The molecule has 1 aromatic carbocycles. The first kappa shape index (κ1) is 24.9. The van der Waals surface area contributed by atoms with Gasteiger partial charge in [0.25, 0.3) is 0 Å². The third-order valence-corrected chi connectivity index (χ3v) is 4.66. The lowest BCUT2D eigenvalue weighted by Gasteiger charge is -2.13. The standard InChI is InChI=1S/C17H20ClF3N4OS.HI/c1-2-22-16(24-9-13(26)11-3-5-12(18)6-4-11)23-8-7-15-25-14(10-27-15)17(19,20)21;/h3-6,10,13,26H,2,7-9H2,1H3,(H2,22,23,24);1H. The molecule has 1 atom stereocenters. The molecule has 0 radical (unpaired) electrons. The second-order valence-corrected chi connectivity index (χ2v) is 6.97. The van der Waals surface area contributed by atoms with Crippen LogP contribution in [-0.4, -0.2) is 35.7 Å². The van der Waals surface area contributed by atoms with Gasteiger partial charge in [-0.05, 0) is 24.6 Å². The van der Waals surface area contributed by atoms with E-state index in [1.54, 1.807) is 24.3 Å². The van der Waals surface area contributed by atoms with Crippen LogP contribution >= 0.6 is 46.9 Å². The molecule has 11 heteroatoms. The number of nitrogens with zero attached hydrogens (tertiary/aromatic N) is 2. The zero-order valence-electron chi connectivity index (χ0n) is 15.0. The van der Waals surface area contributed by atoms with Crippen molar-refractivity contribution in [2.24, 2.45) is 4.99 Å². The fourth-order valence-corrected chi connectivity index (χ4v) is 3.08. The van der Waals surface area contributed by atoms with E-state index in [1.807, 2.05) is 6.92 Å². The average Bonchev–Trinajstić information content (AvgIpc) is 3.09. The van der Waals surface area contributed by atoms with Crippen molar-refractivity contribution >= 4 is 52.9 Å². The zero-order valence-corrected chi connectivity index (χ0v) is 18.9. The molecule has 1 unspecified atom stereocenters. The first-order valence-corrected chi connectivity index (χ1v) is 9.52. The van der Waals surface area contributed by atoms with Crippen molar-refractivity contribution in [1.29, 1.82) is 0 Å². The summed E-state index contributed by atoms with van der Waals surface area (Å²) in [5, 5.41) is 18.2. The molecule has 1 heterocycles. The van der Waals surface area contributed by atoms with Gasteiger partial charge in [0, 0.05) is 29.9 Å². The van der Waals surface area contributed by atoms with Crippen molar-refractivity contribution in [3.05, 3.63) is 50.9 Å². The second-order valence-electron chi connectivity index (χ2n) is 5.59. The quantitative estimate of drug-likeness (QED) is 0.275. The number of guanidine groups is 1. The van der Waals surface area contributed by atoms with Crippen molar-refractivity contribution in [2.45, 2.75) is 25.6 Å². The molecule has 0 aliphatic carbocycles. The minimum atomic E-state index is -4.42. The molecule has 0 aliphatic heterocycles. The third kappa shape index (κ3) is 8.10. The van der Waals surface area contributed by atoms with Crippen molar-refractivity contribution in [1.82, 2.24) is 15.6 Å². The average molecular weight is 549 g/mol. The summed E-state index contributed by atoms with van der Waals surface area (Å²) in [6.07, 6.45) is -4.87. The molecule has 0 amide bonds. The lowest BCUT2D eigenvalue weighted by atomic mass is 10.1. The summed E-state index contributed by atoms with van der Waals surface area (Å²) in [6, 6.07) is 6.83. The summed E-state index contributed by atoms with van der Waals surface area (Å²) < 4.78 is 37.7. The molecule has 5 nitrogen and oxygen atoms in total. The predicted molar refractivity (Wildman–Crippen MR) is 117 cm³/mol. The highest BCUT2D eigenvalue weighted by Crippen LogP contribution is 2.30. The maximum Gasteiger partial charge on any atom is 0.434 e. The van der Waals surface area contributed by atoms with E-state index in [0.717, 1.165) is 16.7 Å². The van der Waals surface area contributed by atoms with E-state index >= 15 is 0 Å². The molecule has 2 rings (SSSR count). The van der Waals surface area contributed by atoms with E-state index in [2.05, 4.69) is 20.6 Å². The van der Waals surface area contributed by atoms with Crippen LogP contribution in [0, 0.1) is 0 Å². The summed E-state index contributed by atoms with van der Waals surface area (Å²) in [5.74, 6) is 0.470. The molecule has 1 aromatic heterocycles. The first-order valence-electron chi connectivity index (χ1n) is 8.27. The Bertz CT molecular complexity index is 756. The Hall–Kier alpha value is -1.11. The summed E-state index contributed by atoms with van der Waals surface area (Å²) >= 11 is 6.80. The van der Waals surface area contributed by atoms with E-state index in [0.29, 0.717) is 41.1 Å². The number of alkyl halides is 3. The summed E-state index contributed by atoms with van der Waals surface area (Å²) in [5.41, 5.74) is -0.171. The highest BCUT2D eigenvalue weighted by Gasteiger charge is 2.33. The lowest BCUT2D eigenvalue weighted by Crippen LogP contribution is -2.38. The van der Waals surface area contributed by atoms with Crippen LogP contribution in [0.15, 0.2) is 34.6 Å². The van der Waals surface area contributed by atoms with Crippen LogP contribution in [0.1, 0.15) is 29.3 Å². The van der Waals surface area contributed by atoms with E-state index in [4.69, 9.17) is 11.6 Å².